The van der Waals surface area contributed by atoms with Crippen molar-refractivity contribution < 1.29 is 12.8 Å². The Morgan fingerprint density at radius 1 is 0.966 bits per heavy atom. The lowest BCUT2D eigenvalue weighted by Gasteiger charge is -2.05. The van der Waals surface area contributed by atoms with Gasteiger partial charge in [-0.25, -0.2) is 13.4 Å². The van der Waals surface area contributed by atoms with Crippen LogP contribution in [0, 0.1) is 0 Å². The van der Waals surface area contributed by atoms with E-state index in [0.717, 1.165) is 10.6 Å². The second-order valence-corrected chi connectivity index (χ2v) is 9.32. The Morgan fingerprint density at radius 3 is 2.34 bits per heavy atom. The maximum Gasteiger partial charge on any atom is 0.263 e. The summed E-state index contributed by atoms with van der Waals surface area (Å²) < 4.78 is 33.5. The van der Waals surface area contributed by atoms with Gasteiger partial charge in [0.15, 0.2) is 5.76 Å². The predicted molar refractivity (Wildman–Crippen MR) is 112 cm³/mol. The predicted octanol–water partition coefficient (Wildman–Crippen LogP) is 4.78. The first-order valence-corrected chi connectivity index (χ1v) is 11.2. The lowest BCUT2D eigenvalue weighted by atomic mass is 10.2. The maximum absolute atomic E-state index is 12.6. The molecule has 0 aliphatic heterocycles. The summed E-state index contributed by atoms with van der Waals surface area (Å²) >= 11 is 1.23. The minimum atomic E-state index is -3.76. The van der Waals surface area contributed by atoms with Crippen molar-refractivity contribution in [2.45, 2.75) is 24.7 Å². The lowest BCUT2D eigenvalue weighted by molar-refractivity contribution is 0.588. The van der Waals surface area contributed by atoms with Crippen LogP contribution in [0.2, 0.25) is 0 Å². The molecule has 4 rings (SSSR count). The van der Waals surface area contributed by atoms with Gasteiger partial charge in [-0.05, 0) is 24.3 Å². The monoisotopic (exact) mass is 426 g/mol. The number of aromatic nitrogens is 3. The average molecular weight is 427 g/mol. The molecule has 0 spiro atoms. The molecule has 2 aromatic carbocycles. The first kappa shape index (κ1) is 19.3. The van der Waals surface area contributed by atoms with Crippen molar-refractivity contribution in [1.82, 2.24) is 15.2 Å². The maximum atomic E-state index is 12.6. The van der Waals surface area contributed by atoms with Crippen molar-refractivity contribution in [2.24, 2.45) is 0 Å². The van der Waals surface area contributed by atoms with Crippen molar-refractivity contribution in [3.8, 4) is 22.8 Å². The number of hydrogen-bond acceptors (Lipinski definition) is 7. The fraction of sp³-hybridized carbons (Fsp3) is 0.150. The van der Waals surface area contributed by atoms with Crippen molar-refractivity contribution in [1.29, 1.82) is 0 Å². The minimum absolute atomic E-state index is 0.123. The molecular weight excluding hydrogens is 408 g/mol. The largest absolute Gasteiger partial charge is 0.436 e. The third-order valence-corrected chi connectivity index (χ3v) is 6.76. The third-order valence-electron chi connectivity index (χ3n) is 4.13. The molecule has 7 nitrogen and oxygen atoms in total. The summed E-state index contributed by atoms with van der Waals surface area (Å²) in [4.78, 5) is 4.42. The van der Waals surface area contributed by atoms with Gasteiger partial charge < -0.3 is 4.42 Å². The highest BCUT2D eigenvalue weighted by Crippen LogP contribution is 2.28. The Hall–Kier alpha value is -3.04. The molecule has 0 aliphatic carbocycles. The van der Waals surface area contributed by atoms with Crippen molar-refractivity contribution >= 4 is 26.5 Å². The number of benzene rings is 2. The van der Waals surface area contributed by atoms with E-state index in [1.807, 2.05) is 44.2 Å². The van der Waals surface area contributed by atoms with E-state index in [1.165, 1.54) is 23.5 Å². The molecule has 148 valence electrons. The molecule has 2 aromatic heterocycles. The lowest BCUT2D eigenvalue weighted by Crippen LogP contribution is -2.12. The van der Waals surface area contributed by atoms with Crippen LogP contribution in [-0.4, -0.2) is 23.6 Å². The smallest absolute Gasteiger partial charge is 0.263 e. The zero-order valence-corrected chi connectivity index (χ0v) is 17.4. The van der Waals surface area contributed by atoms with Crippen molar-refractivity contribution in [3.05, 3.63) is 65.8 Å². The van der Waals surface area contributed by atoms with E-state index in [-0.39, 0.29) is 15.9 Å². The Bertz CT molecular complexity index is 1210. The summed E-state index contributed by atoms with van der Waals surface area (Å²) in [6, 6.07) is 16.0. The number of rotatable bonds is 6. The van der Waals surface area contributed by atoms with Crippen molar-refractivity contribution in [2.75, 3.05) is 4.72 Å². The normalized spacial score (nSPS) is 11.7. The highest BCUT2D eigenvalue weighted by Gasteiger charge is 2.18. The Kier molecular flexibility index (Phi) is 5.16. The minimum Gasteiger partial charge on any atom is -0.436 e. The first-order chi connectivity index (χ1) is 13.9. The molecular formula is C20H18N4O3S2. The molecule has 0 unspecified atom stereocenters. The molecule has 2 heterocycles. The molecule has 0 saturated heterocycles. The summed E-state index contributed by atoms with van der Waals surface area (Å²) in [6.45, 7) is 3.95. The van der Waals surface area contributed by atoms with E-state index in [1.54, 1.807) is 18.3 Å². The summed E-state index contributed by atoms with van der Waals surface area (Å²) in [7, 11) is -3.76. The van der Waals surface area contributed by atoms with Gasteiger partial charge in [0.25, 0.3) is 10.0 Å². The SMILES string of the molecule is CC(C)c1nnc(NS(=O)(=O)c2ccc(-c3ncc(-c4ccccc4)o3)cc2)s1. The van der Waals surface area contributed by atoms with Crippen LogP contribution in [0.25, 0.3) is 22.8 Å². The number of nitrogens with one attached hydrogen (secondary N) is 1. The molecule has 0 fully saturated rings. The van der Waals surface area contributed by atoms with Gasteiger partial charge in [-0.3, -0.25) is 4.72 Å². The van der Waals surface area contributed by atoms with Gasteiger partial charge >= 0.3 is 0 Å². The highest BCUT2D eigenvalue weighted by molar-refractivity contribution is 7.93. The van der Waals surface area contributed by atoms with E-state index in [9.17, 15) is 8.42 Å². The standard InChI is InChI=1S/C20H18N4O3S2/c1-13(2)19-22-23-20(28-19)24-29(25,26)16-10-8-15(9-11-16)18-21-12-17(27-18)14-6-4-3-5-7-14/h3-13H,1-2H3,(H,23,24). The van der Waals surface area contributed by atoms with E-state index in [0.29, 0.717) is 17.2 Å². The van der Waals surface area contributed by atoms with Crippen LogP contribution in [0.15, 0.2) is 70.1 Å². The van der Waals surface area contributed by atoms with Gasteiger partial charge in [0.2, 0.25) is 11.0 Å². The summed E-state index contributed by atoms with van der Waals surface area (Å²) in [5.41, 5.74) is 1.61. The number of hydrogen-bond donors (Lipinski definition) is 1. The number of nitrogens with zero attached hydrogens (tertiary/aromatic N) is 3. The van der Waals surface area contributed by atoms with Gasteiger partial charge in [-0.1, -0.05) is 55.5 Å². The first-order valence-electron chi connectivity index (χ1n) is 8.90. The fourth-order valence-electron chi connectivity index (χ4n) is 2.60. The molecule has 0 saturated carbocycles. The third kappa shape index (κ3) is 4.20. The van der Waals surface area contributed by atoms with E-state index < -0.39 is 10.0 Å². The number of sulfonamides is 1. The second-order valence-electron chi connectivity index (χ2n) is 6.63. The molecule has 0 radical (unpaired) electrons. The summed E-state index contributed by atoms with van der Waals surface area (Å²) in [6.07, 6.45) is 1.65. The van der Waals surface area contributed by atoms with Crippen molar-refractivity contribution in [3.63, 3.8) is 0 Å². The van der Waals surface area contributed by atoms with E-state index >= 15 is 0 Å². The van der Waals surface area contributed by atoms with Crippen LogP contribution >= 0.6 is 11.3 Å². The molecule has 29 heavy (non-hydrogen) atoms. The average Bonchev–Trinajstić information content (AvgIpc) is 3.38. The molecule has 1 N–H and O–H groups in total. The van der Waals surface area contributed by atoms with Gasteiger partial charge in [-0.15, -0.1) is 10.2 Å². The van der Waals surface area contributed by atoms with Gasteiger partial charge in [0, 0.05) is 17.0 Å². The van der Waals surface area contributed by atoms with E-state index in [2.05, 4.69) is 19.9 Å². The molecule has 0 bridgehead atoms. The van der Waals surface area contributed by atoms with Crippen LogP contribution in [0.5, 0.6) is 0 Å². The van der Waals surface area contributed by atoms with Crippen LogP contribution in [-0.2, 0) is 10.0 Å². The Labute approximate surface area is 172 Å². The zero-order valence-electron chi connectivity index (χ0n) is 15.7. The van der Waals surface area contributed by atoms with E-state index in [4.69, 9.17) is 4.42 Å². The quantitative estimate of drug-likeness (QED) is 0.476. The molecule has 9 heteroatoms. The summed E-state index contributed by atoms with van der Waals surface area (Å²) in [5, 5.41) is 8.92. The van der Waals surface area contributed by atoms with Gasteiger partial charge in [0.05, 0.1) is 11.1 Å². The van der Waals surface area contributed by atoms with Crippen LogP contribution < -0.4 is 4.72 Å². The molecule has 4 aromatic rings. The molecule has 0 amide bonds. The van der Waals surface area contributed by atoms with Crippen LogP contribution in [0.4, 0.5) is 5.13 Å². The number of anilines is 1. The Balaban J connectivity index is 1.53. The van der Waals surface area contributed by atoms with Gasteiger partial charge in [-0.2, -0.15) is 0 Å². The molecule has 0 atom stereocenters. The second kappa shape index (κ2) is 7.76. The topological polar surface area (TPSA) is 98.0 Å². The van der Waals surface area contributed by atoms with Gasteiger partial charge in [0.1, 0.15) is 5.01 Å². The fourth-order valence-corrected chi connectivity index (χ4v) is 4.58. The number of oxazole rings is 1. The summed E-state index contributed by atoms with van der Waals surface area (Å²) in [5.74, 6) is 1.26. The van der Waals surface area contributed by atoms with Crippen LogP contribution in [0.1, 0.15) is 24.8 Å². The van der Waals surface area contributed by atoms with Crippen LogP contribution in [0.3, 0.4) is 0 Å². The Morgan fingerprint density at radius 2 is 1.69 bits per heavy atom. The highest BCUT2D eigenvalue weighted by atomic mass is 32.2. The molecule has 0 aliphatic rings. The zero-order chi connectivity index (χ0) is 20.4.